The fourth-order valence-corrected chi connectivity index (χ4v) is 1.19. The van der Waals surface area contributed by atoms with Crippen molar-refractivity contribution in [3.05, 3.63) is 30.1 Å². The lowest BCUT2D eigenvalue weighted by atomic mass is 10.2. The van der Waals surface area contributed by atoms with Crippen molar-refractivity contribution in [3.63, 3.8) is 0 Å². The zero-order valence-electron chi connectivity index (χ0n) is 9.64. The number of rotatable bonds is 5. The molecule has 16 heavy (non-hydrogen) atoms. The minimum Gasteiger partial charge on any atom is -0.466 e. The summed E-state index contributed by atoms with van der Waals surface area (Å²) in [7, 11) is 0. The third-order valence-electron chi connectivity index (χ3n) is 1.99. The van der Waals surface area contributed by atoms with Crippen molar-refractivity contribution < 1.29 is 9.53 Å². The summed E-state index contributed by atoms with van der Waals surface area (Å²) in [6, 6.07) is 3.81. The monoisotopic (exact) mass is 220 g/mol. The van der Waals surface area contributed by atoms with Crippen molar-refractivity contribution in [2.75, 3.05) is 6.61 Å². The summed E-state index contributed by atoms with van der Waals surface area (Å²) in [6.07, 6.45) is 3.72. The quantitative estimate of drug-likeness (QED) is 0.563. The van der Waals surface area contributed by atoms with Gasteiger partial charge in [0.1, 0.15) is 0 Å². The highest BCUT2D eigenvalue weighted by Gasteiger charge is 2.03. The molecule has 0 aliphatic rings. The first-order valence-corrected chi connectivity index (χ1v) is 5.26. The van der Waals surface area contributed by atoms with Gasteiger partial charge < -0.3 is 4.74 Å². The van der Waals surface area contributed by atoms with Gasteiger partial charge in [-0.15, -0.1) is 0 Å². The summed E-state index contributed by atoms with van der Waals surface area (Å²) >= 11 is 0. The molecular weight excluding hydrogens is 204 g/mol. The Morgan fingerprint density at radius 2 is 2.12 bits per heavy atom. The SMILES string of the molecule is CCOC(=O)CC(C)=NCc1ccncc1. The third-order valence-corrected chi connectivity index (χ3v) is 1.99. The maximum atomic E-state index is 11.2. The molecule has 0 aromatic carbocycles. The summed E-state index contributed by atoms with van der Waals surface area (Å²) in [4.78, 5) is 19.4. The second-order valence-corrected chi connectivity index (χ2v) is 3.39. The van der Waals surface area contributed by atoms with Crippen LogP contribution >= 0.6 is 0 Å². The number of nitrogens with zero attached hydrogens (tertiary/aromatic N) is 2. The number of aromatic nitrogens is 1. The summed E-state index contributed by atoms with van der Waals surface area (Å²) in [5.41, 5.74) is 1.87. The van der Waals surface area contributed by atoms with Crippen LogP contribution in [0.3, 0.4) is 0 Å². The zero-order chi connectivity index (χ0) is 11.8. The molecule has 0 unspecified atom stereocenters. The summed E-state index contributed by atoms with van der Waals surface area (Å²) in [5.74, 6) is -0.224. The van der Waals surface area contributed by atoms with Gasteiger partial charge in [0.05, 0.1) is 19.6 Å². The highest BCUT2D eigenvalue weighted by molar-refractivity contribution is 5.97. The lowest BCUT2D eigenvalue weighted by molar-refractivity contribution is -0.141. The molecule has 0 saturated carbocycles. The number of carbonyl (C=O) groups is 1. The Balaban J connectivity index is 2.42. The van der Waals surface area contributed by atoms with Crippen molar-refractivity contribution in [2.24, 2.45) is 4.99 Å². The predicted octanol–water partition coefficient (Wildman–Crippen LogP) is 2.00. The zero-order valence-corrected chi connectivity index (χ0v) is 9.64. The number of esters is 1. The van der Waals surface area contributed by atoms with E-state index in [4.69, 9.17) is 4.74 Å². The number of pyridine rings is 1. The van der Waals surface area contributed by atoms with Gasteiger partial charge in [-0.2, -0.15) is 0 Å². The van der Waals surface area contributed by atoms with E-state index in [-0.39, 0.29) is 12.4 Å². The van der Waals surface area contributed by atoms with E-state index in [9.17, 15) is 4.79 Å². The second kappa shape index (κ2) is 6.71. The molecule has 0 fully saturated rings. The fraction of sp³-hybridized carbons (Fsp3) is 0.417. The van der Waals surface area contributed by atoms with Crippen molar-refractivity contribution in [1.82, 2.24) is 4.98 Å². The second-order valence-electron chi connectivity index (χ2n) is 3.39. The molecular formula is C12H16N2O2. The van der Waals surface area contributed by atoms with Crippen molar-refractivity contribution in [1.29, 1.82) is 0 Å². The Kier molecular flexibility index (Phi) is 5.19. The van der Waals surface area contributed by atoms with Crippen molar-refractivity contribution in [3.8, 4) is 0 Å². The van der Waals surface area contributed by atoms with Crippen molar-refractivity contribution >= 4 is 11.7 Å². The Morgan fingerprint density at radius 3 is 2.75 bits per heavy atom. The molecule has 4 nitrogen and oxygen atoms in total. The van der Waals surface area contributed by atoms with E-state index in [0.717, 1.165) is 11.3 Å². The van der Waals surface area contributed by atoms with Gasteiger partial charge in [-0.1, -0.05) is 0 Å². The van der Waals surface area contributed by atoms with Gasteiger partial charge in [0.2, 0.25) is 0 Å². The summed E-state index contributed by atoms with van der Waals surface area (Å²) in [5, 5.41) is 0. The molecule has 0 saturated heterocycles. The van der Waals surface area contributed by atoms with E-state index in [1.165, 1.54) is 0 Å². The standard InChI is InChI=1S/C12H16N2O2/c1-3-16-12(15)8-10(2)14-9-11-4-6-13-7-5-11/h4-7H,3,8-9H2,1-2H3. The van der Waals surface area contributed by atoms with E-state index in [0.29, 0.717) is 13.2 Å². The molecule has 0 amide bonds. The van der Waals surface area contributed by atoms with Crippen LogP contribution in [0, 0.1) is 0 Å². The lowest BCUT2D eigenvalue weighted by Gasteiger charge is -2.01. The van der Waals surface area contributed by atoms with Crippen LogP contribution in [0.4, 0.5) is 0 Å². The van der Waals surface area contributed by atoms with E-state index in [1.54, 1.807) is 19.3 Å². The molecule has 0 atom stereocenters. The molecule has 0 radical (unpaired) electrons. The summed E-state index contributed by atoms with van der Waals surface area (Å²) < 4.78 is 4.83. The summed E-state index contributed by atoms with van der Waals surface area (Å²) in [6.45, 7) is 4.61. The molecule has 0 N–H and O–H groups in total. The van der Waals surface area contributed by atoms with Gasteiger partial charge in [-0.05, 0) is 31.5 Å². The molecule has 0 spiro atoms. The maximum Gasteiger partial charge on any atom is 0.311 e. The first-order valence-electron chi connectivity index (χ1n) is 5.26. The van der Waals surface area contributed by atoms with Crippen LogP contribution < -0.4 is 0 Å². The maximum absolute atomic E-state index is 11.2. The largest absolute Gasteiger partial charge is 0.466 e. The number of aliphatic imine (C=N–C) groups is 1. The van der Waals surface area contributed by atoms with E-state index >= 15 is 0 Å². The number of hydrogen-bond acceptors (Lipinski definition) is 4. The van der Waals surface area contributed by atoms with Crippen LogP contribution in [-0.2, 0) is 16.1 Å². The molecule has 0 bridgehead atoms. The minimum atomic E-state index is -0.224. The van der Waals surface area contributed by atoms with Crippen molar-refractivity contribution in [2.45, 2.75) is 26.8 Å². The first kappa shape index (κ1) is 12.4. The number of carbonyl (C=O) groups excluding carboxylic acids is 1. The van der Waals surface area contributed by atoms with E-state index in [2.05, 4.69) is 9.98 Å². The minimum absolute atomic E-state index is 0.224. The Hall–Kier alpha value is -1.71. The van der Waals surface area contributed by atoms with Gasteiger partial charge in [0.25, 0.3) is 0 Å². The van der Waals surface area contributed by atoms with Gasteiger partial charge in [0, 0.05) is 18.1 Å². The predicted molar refractivity (Wildman–Crippen MR) is 62.3 cm³/mol. The molecule has 1 aromatic heterocycles. The topological polar surface area (TPSA) is 51.5 Å². The van der Waals surface area contributed by atoms with Crippen LogP contribution in [0.15, 0.2) is 29.5 Å². The van der Waals surface area contributed by atoms with Crippen LogP contribution in [-0.4, -0.2) is 23.3 Å². The van der Waals surface area contributed by atoms with Crippen LogP contribution in [0.2, 0.25) is 0 Å². The first-order chi connectivity index (χ1) is 7.72. The molecule has 4 heteroatoms. The van der Waals surface area contributed by atoms with E-state index in [1.807, 2.05) is 19.1 Å². The Morgan fingerprint density at radius 1 is 1.44 bits per heavy atom. The Bertz CT molecular complexity index is 361. The van der Waals surface area contributed by atoms with Crippen LogP contribution in [0.25, 0.3) is 0 Å². The average Bonchev–Trinajstić information content (AvgIpc) is 2.28. The van der Waals surface area contributed by atoms with Gasteiger partial charge >= 0.3 is 5.97 Å². The highest BCUT2D eigenvalue weighted by atomic mass is 16.5. The van der Waals surface area contributed by atoms with Gasteiger partial charge in [-0.25, -0.2) is 0 Å². The molecule has 0 aliphatic heterocycles. The average molecular weight is 220 g/mol. The van der Waals surface area contributed by atoms with Gasteiger partial charge in [0.15, 0.2) is 0 Å². The van der Waals surface area contributed by atoms with Crippen LogP contribution in [0.5, 0.6) is 0 Å². The molecule has 1 aromatic rings. The van der Waals surface area contributed by atoms with Gasteiger partial charge in [-0.3, -0.25) is 14.8 Å². The number of hydrogen-bond donors (Lipinski definition) is 0. The van der Waals surface area contributed by atoms with E-state index < -0.39 is 0 Å². The normalized spacial score (nSPS) is 11.2. The molecule has 0 aliphatic carbocycles. The third kappa shape index (κ3) is 4.68. The highest BCUT2D eigenvalue weighted by Crippen LogP contribution is 2.00. The number of ether oxygens (including phenoxy) is 1. The van der Waals surface area contributed by atoms with Crippen LogP contribution in [0.1, 0.15) is 25.8 Å². The molecule has 86 valence electrons. The molecule has 1 heterocycles. The fourth-order valence-electron chi connectivity index (χ4n) is 1.19. The Labute approximate surface area is 95.4 Å². The molecule has 1 rings (SSSR count). The smallest absolute Gasteiger partial charge is 0.311 e. The lowest BCUT2D eigenvalue weighted by Crippen LogP contribution is -2.09.